The maximum atomic E-state index is 13.0. The third kappa shape index (κ3) is 5.62. The predicted octanol–water partition coefficient (Wildman–Crippen LogP) is 4.44. The first-order valence-electron chi connectivity index (χ1n) is 12.1. The number of amides is 2. The van der Waals surface area contributed by atoms with Crippen molar-refractivity contribution in [3.05, 3.63) is 95.4 Å². The summed E-state index contributed by atoms with van der Waals surface area (Å²) in [6.45, 7) is 7.98. The summed E-state index contributed by atoms with van der Waals surface area (Å²) in [5.41, 5.74) is 4.75. The van der Waals surface area contributed by atoms with E-state index < -0.39 is 5.41 Å². The first kappa shape index (κ1) is 25.5. The molecule has 37 heavy (non-hydrogen) atoms. The van der Waals surface area contributed by atoms with Crippen LogP contribution in [0.5, 0.6) is 0 Å². The van der Waals surface area contributed by atoms with Crippen molar-refractivity contribution in [3.63, 3.8) is 0 Å². The number of carbonyl (C=O) groups is 2. The molecule has 3 aromatic heterocycles. The molecule has 186 valence electrons. The van der Waals surface area contributed by atoms with Crippen LogP contribution in [0.1, 0.15) is 59.8 Å². The molecule has 1 atom stereocenters. The lowest BCUT2D eigenvalue weighted by atomic mass is 9.90. The van der Waals surface area contributed by atoms with Gasteiger partial charge in [0.25, 0.3) is 11.8 Å². The van der Waals surface area contributed by atoms with Crippen molar-refractivity contribution in [3.8, 4) is 17.3 Å². The Hall–Kier alpha value is -4.64. The number of carbonyl (C=O) groups excluding carboxylic acids is 2. The SMILES string of the molecule is CCNC(=O)c1cc(-c2cc(C3=CC(NC(=O)c4ccnc(C(C)(C)C#N)c4)=CC3C)ccn2)ccn1. The quantitative estimate of drug-likeness (QED) is 0.503. The molecule has 0 bridgehead atoms. The lowest BCUT2D eigenvalue weighted by Crippen LogP contribution is -2.23. The Kier molecular flexibility index (Phi) is 7.25. The second-order valence-electron chi connectivity index (χ2n) is 9.35. The fourth-order valence-electron chi connectivity index (χ4n) is 4.04. The topological polar surface area (TPSA) is 121 Å². The zero-order valence-corrected chi connectivity index (χ0v) is 21.2. The van der Waals surface area contributed by atoms with Gasteiger partial charge in [0.15, 0.2) is 0 Å². The summed E-state index contributed by atoms with van der Waals surface area (Å²) in [7, 11) is 0. The molecule has 0 radical (unpaired) electrons. The molecule has 0 spiro atoms. The summed E-state index contributed by atoms with van der Waals surface area (Å²) in [5, 5.41) is 15.1. The minimum absolute atomic E-state index is 0.0689. The van der Waals surface area contributed by atoms with E-state index in [1.807, 2.05) is 37.3 Å². The van der Waals surface area contributed by atoms with Crippen LogP contribution in [0.25, 0.3) is 16.8 Å². The van der Waals surface area contributed by atoms with E-state index in [2.05, 4.69) is 38.6 Å². The van der Waals surface area contributed by atoms with Gasteiger partial charge in [0.1, 0.15) is 5.69 Å². The van der Waals surface area contributed by atoms with Crippen LogP contribution >= 0.6 is 0 Å². The van der Waals surface area contributed by atoms with Gasteiger partial charge in [-0.25, -0.2) is 0 Å². The van der Waals surface area contributed by atoms with Crippen molar-refractivity contribution < 1.29 is 9.59 Å². The third-order valence-electron chi connectivity index (χ3n) is 6.15. The lowest BCUT2D eigenvalue weighted by Gasteiger charge is -2.15. The van der Waals surface area contributed by atoms with Gasteiger partial charge in [-0.15, -0.1) is 0 Å². The fraction of sp³-hybridized carbons (Fsp3) is 0.241. The highest BCUT2D eigenvalue weighted by molar-refractivity contribution is 5.96. The van der Waals surface area contributed by atoms with Crippen molar-refractivity contribution in [1.82, 2.24) is 25.6 Å². The molecule has 3 aromatic rings. The van der Waals surface area contributed by atoms with Crippen molar-refractivity contribution in [2.45, 2.75) is 33.1 Å². The molecule has 3 heterocycles. The highest BCUT2D eigenvalue weighted by Gasteiger charge is 2.24. The Labute approximate surface area is 216 Å². The van der Waals surface area contributed by atoms with E-state index in [0.29, 0.717) is 29.2 Å². The van der Waals surface area contributed by atoms with Crippen LogP contribution in [-0.2, 0) is 5.41 Å². The van der Waals surface area contributed by atoms with Gasteiger partial charge < -0.3 is 10.6 Å². The Morgan fingerprint density at radius 2 is 1.73 bits per heavy atom. The van der Waals surface area contributed by atoms with E-state index in [-0.39, 0.29) is 17.7 Å². The summed E-state index contributed by atoms with van der Waals surface area (Å²) in [6.07, 6.45) is 8.83. The Morgan fingerprint density at radius 1 is 1.00 bits per heavy atom. The molecule has 0 aromatic carbocycles. The highest BCUT2D eigenvalue weighted by atomic mass is 16.2. The van der Waals surface area contributed by atoms with E-state index >= 15 is 0 Å². The number of pyridine rings is 3. The summed E-state index contributed by atoms with van der Waals surface area (Å²) in [6, 6.07) is 12.9. The Bertz CT molecular complexity index is 1460. The van der Waals surface area contributed by atoms with Crippen LogP contribution in [0.4, 0.5) is 0 Å². The van der Waals surface area contributed by atoms with Crippen molar-refractivity contribution in [2.24, 2.45) is 5.92 Å². The lowest BCUT2D eigenvalue weighted by molar-refractivity contribution is 0.0947. The average molecular weight is 493 g/mol. The van der Waals surface area contributed by atoms with E-state index in [0.717, 1.165) is 22.4 Å². The molecule has 2 N–H and O–H groups in total. The normalized spacial score (nSPS) is 14.8. The molecule has 8 nitrogen and oxygen atoms in total. The molecule has 1 unspecified atom stereocenters. The van der Waals surface area contributed by atoms with Crippen LogP contribution in [-0.4, -0.2) is 33.3 Å². The fourth-order valence-corrected chi connectivity index (χ4v) is 4.04. The molecule has 0 saturated carbocycles. The van der Waals surface area contributed by atoms with E-state index in [1.54, 1.807) is 50.6 Å². The van der Waals surface area contributed by atoms with Gasteiger partial charge in [-0.3, -0.25) is 24.5 Å². The molecule has 0 fully saturated rings. The Balaban J connectivity index is 1.54. The van der Waals surface area contributed by atoms with Crippen molar-refractivity contribution in [2.75, 3.05) is 6.54 Å². The number of hydrogen-bond acceptors (Lipinski definition) is 6. The summed E-state index contributed by atoms with van der Waals surface area (Å²) < 4.78 is 0. The zero-order chi connectivity index (χ0) is 26.6. The zero-order valence-electron chi connectivity index (χ0n) is 21.2. The molecule has 8 heteroatoms. The smallest absolute Gasteiger partial charge is 0.269 e. The minimum Gasteiger partial charge on any atom is -0.351 e. The summed E-state index contributed by atoms with van der Waals surface area (Å²) in [5.74, 6) is -0.424. The Morgan fingerprint density at radius 3 is 2.49 bits per heavy atom. The molecule has 0 aliphatic heterocycles. The standard InChI is InChI=1S/C29H28N6O2/c1-5-31-28(37)25-14-20(7-10-33-25)24-13-19(6-9-32-24)23-16-22(12-18(23)2)35-27(36)21-8-11-34-26(15-21)29(3,4)17-30/h6-16,18H,5H2,1-4H3,(H,31,37)(H,35,36). The molecular formula is C29H28N6O2. The van der Waals surface area contributed by atoms with Crippen LogP contribution in [0, 0.1) is 17.2 Å². The second-order valence-corrected chi connectivity index (χ2v) is 9.35. The molecule has 0 saturated heterocycles. The molecule has 2 amide bonds. The first-order chi connectivity index (χ1) is 17.7. The number of nitriles is 1. The van der Waals surface area contributed by atoms with Crippen LogP contribution in [0.3, 0.4) is 0 Å². The van der Waals surface area contributed by atoms with Gasteiger partial charge in [-0.1, -0.05) is 13.0 Å². The summed E-state index contributed by atoms with van der Waals surface area (Å²) >= 11 is 0. The molecule has 1 aliphatic carbocycles. The molecular weight excluding hydrogens is 464 g/mol. The van der Waals surface area contributed by atoms with Crippen LogP contribution in [0.15, 0.2) is 72.8 Å². The van der Waals surface area contributed by atoms with Crippen LogP contribution < -0.4 is 10.6 Å². The van der Waals surface area contributed by atoms with Crippen molar-refractivity contribution in [1.29, 1.82) is 5.26 Å². The maximum absolute atomic E-state index is 13.0. The number of nitrogens with one attached hydrogen (secondary N) is 2. The third-order valence-corrected chi connectivity index (χ3v) is 6.15. The van der Waals surface area contributed by atoms with E-state index in [4.69, 9.17) is 0 Å². The number of allylic oxidation sites excluding steroid dienone is 3. The van der Waals surface area contributed by atoms with Gasteiger partial charge in [-0.2, -0.15) is 5.26 Å². The van der Waals surface area contributed by atoms with Gasteiger partial charge in [0, 0.05) is 47.9 Å². The monoisotopic (exact) mass is 492 g/mol. The minimum atomic E-state index is -0.793. The van der Waals surface area contributed by atoms with E-state index in [9.17, 15) is 14.9 Å². The summed E-state index contributed by atoms with van der Waals surface area (Å²) in [4.78, 5) is 38.1. The number of nitrogens with zero attached hydrogens (tertiary/aromatic N) is 4. The number of aromatic nitrogens is 3. The number of rotatable bonds is 7. The second kappa shape index (κ2) is 10.5. The van der Waals surface area contributed by atoms with Gasteiger partial charge in [0.05, 0.1) is 22.9 Å². The largest absolute Gasteiger partial charge is 0.351 e. The maximum Gasteiger partial charge on any atom is 0.269 e. The van der Waals surface area contributed by atoms with Crippen molar-refractivity contribution >= 4 is 17.4 Å². The first-order valence-corrected chi connectivity index (χ1v) is 12.1. The van der Waals surface area contributed by atoms with E-state index in [1.165, 1.54) is 0 Å². The van der Waals surface area contributed by atoms with Gasteiger partial charge in [-0.05, 0) is 74.4 Å². The van der Waals surface area contributed by atoms with Gasteiger partial charge >= 0.3 is 0 Å². The molecule has 4 rings (SSSR count). The molecule has 1 aliphatic rings. The average Bonchev–Trinajstić information content (AvgIpc) is 3.28. The highest BCUT2D eigenvalue weighted by Crippen LogP contribution is 2.33. The van der Waals surface area contributed by atoms with Gasteiger partial charge in [0.2, 0.25) is 0 Å². The predicted molar refractivity (Wildman–Crippen MR) is 141 cm³/mol. The number of hydrogen-bond donors (Lipinski definition) is 2. The van der Waals surface area contributed by atoms with Crippen LogP contribution in [0.2, 0.25) is 0 Å².